The summed E-state index contributed by atoms with van der Waals surface area (Å²) in [6, 6.07) is 0. The molecule has 1 fully saturated rings. The SMILES string of the molecule is CC(C)(C)C(=O)OC1CCC(C(C)(C)C)CC1F. The Morgan fingerprint density at radius 1 is 1.11 bits per heavy atom. The highest BCUT2D eigenvalue weighted by Gasteiger charge is 2.39. The summed E-state index contributed by atoms with van der Waals surface area (Å²) in [5.74, 6) is 0.0708. The Kier molecular flexibility index (Phi) is 4.45. The van der Waals surface area contributed by atoms with Crippen LogP contribution >= 0.6 is 0 Å². The number of carbonyl (C=O) groups excluding carboxylic acids is 1. The second-order valence-corrected chi connectivity index (χ2v) is 7.59. The zero-order valence-electron chi connectivity index (χ0n) is 12.5. The van der Waals surface area contributed by atoms with Crippen LogP contribution in [-0.4, -0.2) is 18.2 Å². The summed E-state index contributed by atoms with van der Waals surface area (Å²) in [7, 11) is 0. The van der Waals surface area contributed by atoms with Gasteiger partial charge in [-0.25, -0.2) is 4.39 Å². The van der Waals surface area contributed by atoms with Crippen molar-refractivity contribution in [2.24, 2.45) is 16.7 Å². The van der Waals surface area contributed by atoms with Gasteiger partial charge in [-0.15, -0.1) is 0 Å². The molecule has 0 heterocycles. The molecule has 1 aliphatic rings. The van der Waals surface area contributed by atoms with E-state index in [2.05, 4.69) is 20.8 Å². The first-order chi connectivity index (χ1) is 8.01. The number of hydrogen-bond acceptors (Lipinski definition) is 2. The molecule has 3 unspecified atom stereocenters. The lowest BCUT2D eigenvalue weighted by molar-refractivity contribution is -0.165. The molecule has 0 bridgehead atoms. The Bertz CT molecular complexity index is 299. The van der Waals surface area contributed by atoms with E-state index in [-0.39, 0.29) is 11.4 Å². The normalized spacial score (nSPS) is 30.1. The first-order valence-corrected chi connectivity index (χ1v) is 6.87. The van der Waals surface area contributed by atoms with Crippen LogP contribution in [0.2, 0.25) is 0 Å². The number of alkyl halides is 1. The Balaban J connectivity index is 2.56. The molecule has 3 atom stereocenters. The van der Waals surface area contributed by atoms with E-state index < -0.39 is 17.7 Å². The summed E-state index contributed by atoms with van der Waals surface area (Å²) < 4.78 is 19.4. The molecular formula is C15H27FO2. The molecule has 1 rings (SSSR count). The van der Waals surface area contributed by atoms with Gasteiger partial charge in [0.25, 0.3) is 0 Å². The first kappa shape index (κ1) is 15.5. The zero-order chi connectivity index (χ0) is 14.1. The quantitative estimate of drug-likeness (QED) is 0.661. The van der Waals surface area contributed by atoms with Crippen molar-refractivity contribution < 1.29 is 13.9 Å². The van der Waals surface area contributed by atoms with Gasteiger partial charge in [-0.3, -0.25) is 4.79 Å². The standard InChI is InChI=1S/C15H27FO2/c1-14(2,3)10-7-8-12(11(16)9-10)18-13(17)15(4,5)6/h10-12H,7-9H2,1-6H3. The van der Waals surface area contributed by atoms with E-state index in [4.69, 9.17) is 4.74 Å². The smallest absolute Gasteiger partial charge is 0.311 e. The summed E-state index contributed by atoms with van der Waals surface area (Å²) in [6.07, 6.45) is 0.521. The number of halogens is 1. The van der Waals surface area contributed by atoms with Crippen LogP contribution in [0.4, 0.5) is 4.39 Å². The lowest BCUT2D eigenvalue weighted by Gasteiger charge is -2.39. The third kappa shape index (κ3) is 3.96. The molecule has 3 heteroatoms. The molecule has 0 radical (unpaired) electrons. The molecular weight excluding hydrogens is 231 g/mol. The number of rotatable bonds is 1. The van der Waals surface area contributed by atoms with Crippen molar-refractivity contribution in [2.45, 2.75) is 73.1 Å². The maximum Gasteiger partial charge on any atom is 0.311 e. The van der Waals surface area contributed by atoms with Crippen LogP contribution in [0.25, 0.3) is 0 Å². The van der Waals surface area contributed by atoms with Gasteiger partial charge in [-0.1, -0.05) is 20.8 Å². The fourth-order valence-electron chi connectivity index (χ4n) is 2.32. The molecule has 1 saturated carbocycles. The van der Waals surface area contributed by atoms with Crippen molar-refractivity contribution in [3.63, 3.8) is 0 Å². The maximum atomic E-state index is 14.1. The summed E-state index contributed by atoms with van der Waals surface area (Å²) in [6.45, 7) is 11.8. The predicted octanol–water partition coefficient (Wildman–Crippen LogP) is 4.13. The van der Waals surface area contributed by atoms with Crippen LogP contribution in [0.1, 0.15) is 60.8 Å². The fourth-order valence-corrected chi connectivity index (χ4v) is 2.32. The van der Waals surface area contributed by atoms with Gasteiger partial charge in [-0.2, -0.15) is 0 Å². The minimum absolute atomic E-state index is 0.128. The Labute approximate surface area is 110 Å². The van der Waals surface area contributed by atoms with E-state index in [0.29, 0.717) is 18.8 Å². The summed E-state index contributed by atoms with van der Waals surface area (Å²) in [4.78, 5) is 11.8. The molecule has 0 N–H and O–H groups in total. The van der Waals surface area contributed by atoms with Crippen molar-refractivity contribution in [3.05, 3.63) is 0 Å². The van der Waals surface area contributed by atoms with E-state index in [1.807, 2.05) is 0 Å². The summed E-state index contributed by atoms with van der Waals surface area (Å²) in [5, 5.41) is 0. The van der Waals surface area contributed by atoms with E-state index in [1.54, 1.807) is 20.8 Å². The molecule has 0 saturated heterocycles. The van der Waals surface area contributed by atoms with Crippen molar-refractivity contribution in [1.82, 2.24) is 0 Å². The van der Waals surface area contributed by atoms with Crippen molar-refractivity contribution in [3.8, 4) is 0 Å². The number of hydrogen-bond donors (Lipinski definition) is 0. The van der Waals surface area contributed by atoms with Gasteiger partial charge in [0.1, 0.15) is 12.3 Å². The van der Waals surface area contributed by atoms with Crippen LogP contribution in [-0.2, 0) is 9.53 Å². The van der Waals surface area contributed by atoms with Crippen molar-refractivity contribution in [1.29, 1.82) is 0 Å². The Hall–Kier alpha value is -0.600. The predicted molar refractivity (Wildman–Crippen MR) is 71.0 cm³/mol. The van der Waals surface area contributed by atoms with E-state index in [0.717, 1.165) is 6.42 Å². The second kappa shape index (κ2) is 5.18. The van der Waals surface area contributed by atoms with Crippen molar-refractivity contribution in [2.75, 3.05) is 0 Å². The third-order valence-electron chi connectivity index (χ3n) is 3.81. The average Bonchev–Trinajstić information content (AvgIpc) is 2.17. The number of ether oxygens (including phenoxy) is 1. The van der Waals surface area contributed by atoms with Crippen molar-refractivity contribution >= 4 is 5.97 Å². The molecule has 0 aromatic heterocycles. The molecule has 18 heavy (non-hydrogen) atoms. The van der Waals surface area contributed by atoms with Gasteiger partial charge in [-0.05, 0) is 51.4 Å². The van der Waals surface area contributed by atoms with E-state index in [9.17, 15) is 9.18 Å². The Morgan fingerprint density at radius 2 is 1.67 bits per heavy atom. The highest BCUT2D eigenvalue weighted by atomic mass is 19.1. The molecule has 0 spiro atoms. The molecule has 106 valence electrons. The van der Waals surface area contributed by atoms with Gasteiger partial charge in [0.05, 0.1) is 5.41 Å². The largest absolute Gasteiger partial charge is 0.459 e. The van der Waals surface area contributed by atoms with E-state index in [1.165, 1.54) is 0 Å². The fraction of sp³-hybridized carbons (Fsp3) is 0.933. The van der Waals surface area contributed by atoms with Crippen LogP contribution in [0.3, 0.4) is 0 Å². The Morgan fingerprint density at radius 3 is 2.06 bits per heavy atom. The first-order valence-electron chi connectivity index (χ1n) is 6.87. The van der Waals surface area contributed by atoms with Crippen LogP contribution in [0.5, 0.6) is 0 Å². The molecule has 0 aromatic rings. The lowest BCUT2D eigenvalue weighted by Crippen LogP contribution is -2.40. The van der Waals surface area contributed by atoms with Gasteiger partial charge >= 0.3 is 5.97 Å². The molecule has 1 aliphatic carbocycles. The monoisotopic (exact) mass is 258 g/mol. The third-order valence-corrected chi connectivity index (χ3v) is 3.81. The minimum Gasteiger partial charge on any atom is -0.459 e. The molecule has 0 amide bonds. The van der Waals surface area contributed by atoms with Crippen LogP contribution in [0.15, 0.2) is 0 Å². The summed E-state index contributed by atoms with van der Waals surface area (Å²) in [5.41, 5.74) is -0.427. The zero-order valence-corrected chi connectivity index (χ0v) is 12.5. The minimum atomic E-state index is -1.02. The van der Waals surface area contributed by atoms with Gasteiger partial charge in [0, 0.05) is 0 Å². The molecule has 0 aromatic carbocycles. The van der Waals surface area contributed by atoms with Crippen LogP contribution < -0.4 is 0 Å². The van der Waals surface area contributed by atoms with E-state index >= 15 is 0 Å². The summed E-state index contributed by atoms with van der Waals surface area (Å²) >= 11 is 0. The number of esters is 1. The van der Waals surface area contributed by atoms with Gasteiger partial charge in [0.2, 0.25) is 0 Å². The lowest BCUT2D eigenvalue weighted by atomic mass is 9.71. The number of carbonyl (C=O) groups is 1. The topological polar surface area (TPSA) is 26.3 Å². The maximum absolute atomic E-state index is 14.1. The second-order valence-electron chi connectivity index (χ2n) is 7.59. The van der Waals surface area contributed by atoms with Gasteiger partial charge < -0.3 is 4.74 Å². The highest BCUT2D eigenvalue weighted by molar-refractivity contribution is 5.75. The molecule has 2 nitrogen and oxygen atoms in total. The average molecular weight is 258 g/mol. The highest BCUT2D eigenvalue weighted by Crippen LogP contribution is 2.40. The van der Waals surface area contributed by atoms with Crippen LogP contribution in [0, 0.1) is 16.7 Å². The van der Waals surface area contributed by atoms with Gasteiger partial charge in [0.15, 0.2) is 0 Å². The molecule has 0 aliphatic heterocycles.